The van der Waals surface area contributed by atoms with Crippen LogP contribution in [-0.2, 0) is 31.9 Å². The Bertz CT molecular complexity index is 981. The molecule has 0 aliphatic rings. The number of benzene rings is 1. The van der Waals surface area contributed by atoms with E-state index in [0.717, 1.165) is 19.1 Å². The van der Waals surface area contributed by atoms with Crippen LogP contribution in [0, 0.1) is 0 Å². The molecule has 144 valence electrons. The van der Waals surface area contributed by atoms with Crippen molar-refractivity contribution >= 4 is 21.6 Å². The summed E-state index contributed by atoms with van der Waals surface area (Å²) >= 11 is 0. The van der Waals surface area contributed by atoms with E-state index in [4.69, 9.17) is 4.74 Å². The Morgan fingerprint density at radius 2 is 1.93 bits per heavy atom. The summed E-state index contributed by atoms with van der Waals surface area (Å²) in [6, 6.07) is 7.05. The molecule has 0 N–H and O–H groups in total. The van der Waals surface area contributed by atoms with Crippen molar-refractivity contribution in [3.8, 4) is 5.75 Å². The topological polar surface area (TPSA) is 85.7 Å². The van der Waals surface area contributed by atoms with E-state index in [1.54, 1.807) is 12.1 Å². The Labute approximate surface area is 153 Å². The fraction of sp³-hybridized carbons (Fsp3) is 0.235. The lowest BCUT2D eigenvalue weighted by Crippen LogP contribution is -2.11. The number of pyridine rings is 1. The Morgan fingerprint density at radius 3 is 2.48 bits per heavy atom. The number of nitrogens with zero attached hydrogens (tertiary/aromatic N) is 2. The lowest BCUT2D eigenvalue weighted by molar-refractivity contribution is -0.138. The standard InChI is InChI=1S/C17H15F3N2O4S/c1-11(23)26-14-10-13(17(18,19)20)7-6-12(14)9-15(24)22-27(2,25)16-5-3-4-8-21-16/h3-8,10H,9H2,1-2H3. The smallest absolute Gasteiger partial charge is 0.416 e. The van der Waals surface area contributed by atoms with E-state index in [9.17, 15) is 27.0 Å². The molecule has 1 aromatic heterocycles. The second-order valence-corrected chi connectivity index (χ2v) is 7.75. The zero-order valence-corrected chi connectivity index (χ0v) is 15.1. The number of hydrogen-bond acceptors (Lipinski definition) is 5. The summed E-state index contributed by atoms with van der Waals surface area (Å²) < 4.78 is 59.5. The maximum absolute atomic E-state index is 12.8. The number of amides is 1. The van der Waals surface area contributed by atoms with Crippen LogP contribution < -0.4 is 4.74 Å². The number of alkyl halides is 3. The van der Waals surface area contributed by atoms with Gasteiger partial charge in [-0.3, -0.25) is 9.59 Å². The highest BCUT2D eigenvalue weighted by Gasteiger charge is 2.31. The third-order valence-corrected chi connectivity index (χ3v) is 4.86. The summed E-state index contributed by atoms with van der Waals surface area (Å²) in [6.07, 6.45) is -2.50. The number of carbonyl (C=O) groups is 2. The first-order valence-electron chi connectivity index (χ1n) is 7.53. The second kappa shape index (κ2) is 7.87. The summed E-state index contributed by atoms with van der Waals surface area (Å²) in [5.74, 6) is -2.09. The number of halogens is 3. The lowest BCUT2D eigenvalue weighted by atomic mass is 10.1. The third kappa shape index (κ3) is 5.61. The maximum atomic E-state index is 12.8. The highest BCUT2D eigenvalue weighted by Crippen LogP contribution is 2.33. The first-order chi connectivity index (χ1) is 12.5. The van der Waals surface area contributed by atoms with Gasteiger partial charge in [-0.15, -0.1) is 0 Å². The minimum absolute atomic E-state index is 0.0168. The minimum atomic E-state index is -4.64. The number of hydrogen-bond donors (Lipinski definition) is 0. The molecule has 2 aromatic rings. The van der Waals surface area contributed by atoms with Gasteiger partial charge in [-0.05, 0) is 24.3 Å². The molecule has 0 fully saturated rings. The largest absolute Gasteiger partial charge is 0.426 e. The number of aromatic nitrogens is 1. The number of esters is 1. The van der Waals surface area contributed by atoms with Gasteiger partial charge in [0.2, 0.25) is 0 Å². The Balaban J connectivity index is 2.35. The van der Waals surface area contributed by atoms with Gasteiger partial charge in [-0.2, -0.15) is 17.5 Å². The van der Waals surface area contributed by atoms with Crippen LogP contribution in [0.2, 0.25) is 0 Å². The van der Waals surface area contributed by atoms with Gasteiger partial charge in [0.15, 0.2) is 0 Å². The molecule has 0 aliphatic carbocycles. The van der Waals surface area contributed by atoms with E-state index < -0.39 is 45.5 Å². The van der Waals surface area contributed by atoms with Crippen LogP contribution in [0.4, 0.5) is 13.2 Å². The van der Waals surface area contributed by atoms with Crippen molar-refractivity contribution in [2.45, 2.75) is 24.5 Å². The molecule has 6 nitrogen and oxygen atoms in total. The normalized spacial score (nSPS) is 13.5. The molecule has 0 bridgehead atoms. The van der Waals surface area contributed by atoms with Crippen molar-refractivity contribution < 1.29 is 31.7 Å². The van der Waals surface area contributed by atoms with Crippen LogP contribution in [0.3, 0.4) is 0 Å². The molecule has 0 saturated carbocycles. The third-order valence-electron chi connectivity index (χ3n) is 3.29. The van der Waals surface area contributed by atoms with Crippen molar-refractivity contribution in [1.82, 2.24) is 4.98 Å². The highest BCUT2D eigenvalue weighted by molar-refractivity contribution is 7.93. The van der Waals surface area contributed by atoms with Gasteiger partial charge in [0.05, 0.1) is 21.7 Å². The molecule has 1 unspecified atom stereocenters. The molecule has 1 atom stereocenters. The quantitative estimate of drug-likeness (QED) is 0.581. The Kier molecular flexibility index (Phi) is 5.99. The zero-order valence-electron chi connectivity index (χ0n) is 14.3. The monoisotopic (exact) mass is 400 g/mol. The van der Waals surface area contributed by atoms with Crippen LogP contribution in [0.1, 0.15) is 18.1 Å². The van der Waals surface area contributed by atoms with E-state index in [-0.39, 0.29) is 10.6 Å². The van der Waals surface area contributed by atoms with Crippen LogP contribution >= 0.6 is 0 Å². The van der Waals surface area contributed by atoms with Gasteiger partial charge in [0.25, 0.3) is 5.91 Å². The zero-order chi connectivity index (χ0) is 20.2. The molecule has 1 aromatic carbocycles. The second-order valence-electron chi connectivity index (χ2n) is 5.55. The first kappa shape index (κ1) is 20.6. The van der Waals surface area contributed by atoms with Crippen molar-refractivity contribution in [3.63, 3.8) is 0 Å². The molecular formula is C17H15F3N2O4S. The van der Waals surface area contributed by atoms with Gasteiger partial charge in [-0.1, -0.05) is 12.1 Å². The van der Waals surface area contributed by atoms with Crippen LogP contribution in [0.25, 0.3) is 0 Å². The Hall–Kier alpha value is -2.75. The summed E-state index contributed by atoms with van der Waals surface area (Å²) in [5.41, 5.74) is -1.01. The average molecular weight is 400 g/mol. The molecule has 1 heterocycles. The van der Waals surface area contributed by atoms with Crippen LogP contribution in [-0.4, -0.2) is 27.3 Å². The predicted octanol–water partition coefficient (Wildman–Crippen LogP) is 3.25. The predicted molar refractivity (Wildman–Crippen MR) is 90.5 cm³/mol. The SMILES string of the molecule is CC(=O)Oc1cc(C(F)(F)F)ccc1CC(=O)N=S(C)(=O)c1ccccn1. The van der Waals surface area contributed by atoms with E-state index in [0.29, 0.717) is 6.07 Å². The fourth-order valence-electron chi connectivity index (χ4n) is 2.13. The minimum Gasteiger partial charge on any atom is -0.426 e. The van der Waals surface area contributed by atoms with E-state index in [1.807, 2.05) is 0 Å². The molecule has 2 rings (SSSR count). The summed E-state index contributed by atoms with van der Waals surface area (Å²) in [4.78, 5) is 27.2. The van der Waals surface area contributed by atoms with Crippen LogP contribution in [0.5, 0.6) is 5.75 Å². The van der Waals surface area contributed by atoms with Crippen LogP contribution in [0.15, 0.2) is 52.0 Å². The summed E-state index contributed by atoms with van der Waals surface area (Å²) in [6.45, 7) is 1.02. The van der Waals surface area contributed by atoms with Crippen molar-refractivity contribution in [3.05, 3.63) is 53.7 Å². The molecule has 0 aliphatic heterocycles. The highest BCUT2D eigenvalue weighted by atomic mass is 32.2. The van der Waals surface area contributed by atoms with Gasteiger partial charge >= 0.3 is 12.1 Å². The molecule has 10 heteroatoms. The van der Waals surface area contributed by atoms with Crippen molar-refractivity contribution in [1.29, 1.82) is 0 Å². The molecule has 0 spiro atoms. The van der Waals surface area contributed by atoms with Crippen molar-refractivity contribution in [2.24, 2.45) is 4.36 Å². The van der Waals surface area contributed by atoms with E-state index >= 15 is 0 Å². The molecular weight excluding hydrogens is 385 g/mol. The molecule has 1 amide bonds. The first-order valence-corrected chi connectivity index (χ1v) is 9.46. The number of ether oxygens (including phenoxy) is 1. The lowest BCUT2D eigenvalue weighted by Gasteiger charge is -2.12. The number of rotatable bonds is 4. The van der Waals surface area contributed by atoms with Gasteiger partial charge in [-0.25, -0.2) is 9.19 Å². The molecule has 0 saturated heterocycles. The molecule has 27 heavy (non-hydrogen) atoms. The average Bonchev–Trinajstić information content (AvgIpc) is 2.55. The maximum Gasteiger partial charge on any atom is 0.416 e. The van der Waals surface area contributed by atoms with Gasteiger partial charge in [0, 0.05) is 24.9 Å². The number of carbonyl (C=O) groups excluding carboxylic acids is 2. The fourth-order valence-corrected chi connectivity index (χ4v) is 3.27. The van der Waals surface area contributed by atoms with Crippen molar-refractivity contribution in [2.75, 3.05) is 6.26 Å². The summed E-state index contributed by atoms with van der Waals surface area (Å²) in [5, 5.41) is 0.103. The molecule has 0 radical (unpaired) electrons. The van der Waals surface area contributed by atoms with Gasteiger partial charge < -0.3 is 4.74 Å². The van der Waals surface area contributed by atoms with Gasteiger partial charge in [0.1, 0.15) is 10.8 Å². The van der Waals surface area contributed by atoms with E-state index in [2.05, 4.69) is 9.35 Å². The Morgan fingerprint density at radius 1 is 1.22 bits per heavy atom. The van der Waals surface area contributed by atoms with E-state index in [1.165, 1.54) is 18.5 Å². The summed E-state index contributed by atoms with van der Waals surface area (Å²) in [7, 11) is -3.12.